The van der Waals surface area contributed by atoms with Crippen LogP contribution in [0, 0.1) is 22.0 Å². The topological polar surface area (TPSA) is 46.4 Å². The minimum absolute atomic E-state index is 0.181. The fourth-order valence-electron chi connectivity index (χ4n) is 2.24. The Morgan fingerprint density at radius 1 is 1.35 bits per heavy atom. The van der Waals surface area contributed by atoms with Gasteiger partial charge in [-0.2, -0.15) is 0 Å². The number of benzene rings is 1. The largest absolute Gasteiger partial charge is 0.365 e. The zero-order valence-corrected chi connectivity index (χ0v) is 11.5. The van der Waals surface area contributed by atoms with Crippen molar-refractivity contribution in [1.82, 2.24) is 0 Å². The minimum atomic E-state index is -0.312. The van der Waals surface area contributed by atoms with Crippen molar-refractivity contribution in [3.05, 3.63) is 32.8 Å². The van der Waals surface area contributed by atoms with Gasteiger partial charge in [-0.1, -0.05) is 29.8 Å². The predicted molar refractivity (Wildman–Crippen MR) is 71.3 cm³/mol. The Hall–Kier alpha value is -1.10. The first-order valence-electron chi connectivity index (χ1n) is 5.68. The van der Waals surface area contributed by atoms with Crippen molar-refractivity contribution < 1.29 is 4.92 Å². The summed E-state index contributed by atoms with van der Waals surface area (Å²) in [5, 5.41) is 11.1. The van der Waals surface area contributed by atoms with Crippen molar-refractivity contribution in [2.24, 2.45) is 11.8 Å². The van der Waals surface area contributed by atoms with Crippen LogP contribution in [-0.4, -0.2) is 18.0 Å². The van der Waals surface area contributed by atoms with Crippen molar-refractivity contribution >= 4 is 27.3 Å². The van der Waals surface area contributed by atoms with Crippen molar-refractivity contribution in [2.75, 3.05) is 18.0 Å². The Labute approximate surface area is 109 Å². The van der Waals surface area contributed by atoms with Crippen LogP contribution in [0.3, 0.4) is 0 Å². The lowest BCUT2D eigenvalue weighted by Crippen LogP contribution is -2.20. The van der Waals surface area contributed by atoms with E-state index in [4.69, 9.17) is 0 Å². The maximum absolute atomic E-state index is 11.1. The molecule has 5 heteroatoms. The van der Waals surface area contributed by atoms with Gasteiger partial charge in [-0.05, 0) is 24.0 Å². The van der Waals surface area contributed by atoms with E-state index in [1.54, 1.807) is 6.07 Å². The van der Waals surface area contributed by atoms with Gasteiger partial charge in [-0.25, -0.2) is 0 Å². The molecule has 2 unspecified atom stereocenters. The first-order chi connectivity index (χ1) is 7.99. The van der Waals surface area contributed by atoms with Crippen LogP contribution in [0.2, 0.25) is 0 Å². The number of nitro groups is 1. The molecule has 1 aliphatic rings. The van der Waals surface area contributed by atoms with E-state index >= 15 is 0 Å². The van der Waals surface area contributed by atoms with E-state index in [2.05, 4.69) is 34.7 Å². The lowest BCUT2D eigenvalue weighted by molar-refractivity contribution is -0.384. The van der Waals surface area contributed by atoms with Gasteiger partial charge < -0.3 is 4.90 Å². The van der Waals surface area contributed by atoms with E-state index in [1.807, 2.05) is 12.1 Å². The van der Waals surface area contributed by atoms with Gasteiger partial charge in [0.25, 0.3) is 5.69 Å². The van der Waals surface area contributed by atoms with Crippen molar-refractivity contribution in [1.29, 1.82) is 0 Å². The molecule has 1 aromatic carbocycles. The molecule has 92 valence electrons. The molecule has 1 heterocycles. The molecule has 0 N–H and O–H groups in total. The Morgan fingerprint density at radius 2 is 1.94 bits per heavy atom. The Morgan fingerprint density at radius 3 is 2.47 bits per heavy atom. The standard InChI is InChI=1S/C12H15BrN2O2/c1-8-6-14(7-9(8)2)11-4-3-10(13)5-12(11)15(16)17/h3-5,8-9H,6-7H2,1-2H3. The van der Waals surface area contributed by atoms with Crippen LogP contribution >= 0.6 is 15.9 Å². The highest BCUT2D eigenvalue weighted by Gasteiger charge is 2.30. The number of nitrogens with zero attached hydrogens (tertiary/aromatic N) is 2. The molecule has 1 fully saturated rings. The van der Waals surface area contributed by atoms with E-state index in [0.29, 0.717) is 11.8 Å². The molecular formula is C12H15BrN2O2. The monoisotopic (exact) mass is 298 g/mol. The molecular weight excluding hydrogens is 284 g/mol. The number of anilines is 1. The summed E-state index contributed by atoms with van der Waals surface area (Å²) in [6, 6.07) is 5.26. The molecule has 0 aromatic heterocycles. The second kappa shape index (κ2) is 4.64. The Bertz CT molecular complexity index is 440. The minimum Gasteiger partial charge on any atom is -0.365 e. The quantitative estimate of drug-likeness (QED) is 0.620. The van der Waals surface area contributed by atoms with E-state index in [9.17, 15) is 10.1 Å². The number of rotatable bonds is 2. The third-order valence-electron chi connectivity index (χ3n) is 3.46. The van der Waals surface area contributed by atoms with Gasteiger partial charge >= 0.3 is 0 Å². The molecule has 0 spiro atoms. The predicted octanol–water partition coefficient (Wildman–Crippen LogP) is 3.45. The van der Waals surface area contributed by atoms with Gasteiger partial charge in [0.05, 0.1) is 4.92 Å². The molecule has 1 aromatic rings. The van der Waals surface area contributed by atoms with Crippen molar-refractivity contribution in [3.8, 4) is 0 Å². The number of nitro benzene ring substituents is 1. The first kappa shape index (κ1) is 12.4. The van der Waals surface area contributed by atoms with E-state index < -0.39 is 0 Å². The maximum Gasteiger partial charge on any atom is 0.293 e. The summed E-state index contributed by atoms with van der Waals surface area (Å²) in [5.74, 6) is 1.16. The molecule has 0 saturated carbocycles. The first-order valence-corrected chi connectivity index (χ1v) is 6.47. The highest BCUT2D eigenvalue weighted by molar-refractivity contribution is 9.10. The summed E-state index contributed by atoms with van der Waals surface area (Å²) in [5.41, 5.74) is 0.912. The fourth-order valence-corrected chi connectivity index (χ4v) is 2.59. The van der Waals surface area contributed by atoms with Gasteiger partial charge in [0, 0.05) is 23.6 Å². The highest BCUT2D eigenvalue weighted by Crippen LogP contribution is 2.35. The van der Waals surface area contributed by atoms with Gasteiger partial charge in [0.15, 0.2) is 0 Å². The summed E-state index contributed by atoms with van der Waals surface area (Å²) in [7, 11) is 0. The van der Waals surface area contributed by atoms with Crippen LogP contribution in [0.25, 0.3) is 0 Å². The van der Waals surface area contributed by atoms with Crippen LogP contribution in [0.4, 0.5) is 11.4 Å². The van der Waals surface area contributed by atoms with E-state index in [-0.39, 0.29) is 10.6 Å². The maximum atomic E-state index is 11.1. The van der Waals surface area contributed by atoms with Gasteiger partial charge in [-0.15, -0.1) is 0 Å². The molecule has 1 aliphatic heterocycles. The molecule has 1 saturated heterocycles. The zero-order valence-electron chi connectivity index (χ0n) is 9.89. The molecule has 0 aliphatic carbocycles. The molecule has 2 rings (SSSR count). The van der Waals surface area contributed by atoms with Gasteiger partial charge in [0.1, 0.15) is 5.69 Å². The molecule has 0 radical (unpaired) electrons. The second-order valence-electron chi connectivity index (χ2n) is 4.75. The SMILES string of the molecule is CC1CN(c2ccc(Br)cc2[N+](=O)[O-])CC1C. The average Bonchev–Trinajstić information content (AvgIpc) is 2.59. The average molecular weight is 299 g/mol. The Kier molecular flexibility index (Phi) is 3.38. The van der Waals surface area contributed by atoms with E-state index in [0.717, 1.165) is 23.2 Å². The van der Waals surface area contributed by atoms with Crippen molar-refractivity contribution in [3.63, 3.8) is 0 Å². The van der Waals surface area contributed by atoms with Crippen LogP contribution in [0.15, 0.2) is 22.7 Å². The molecule has 0 bridgehead atoms. The Balaban J connectivity index is 2.36. The summed E-state index contributed by atoms with van der Waals surface area (Å²) in [6.07, 6.45) is 0. The highest BCUT2D eigenvalue weighted by atomic mass is 79.9. The summed E-state index contributed by atoms with van der Waals surface area (Å²) >= 11 is 3.27. The third-order valence-corrected chi connectivity index (χ3v) is 3.96. The lowest BCUT2D eigenvalue weighted by atomic mass is 10.0. The molecule has 0 amide bonds. The number of halogens is 1. The number of hydrogen-bond donors (Lipinski definition) is 0. The zero-order chi connectivity index (χ0) is 12.6. The normalized spacial score (nSPS) is 24.1. The smallest absolute Gasteiger partial charge is 0.293 e. The number of hydrogen-bond acceptors (Lipinski definition) is 3. The molecule has 2 atom stereocenters. The second-order valence-corrected chi connectivity index (χ2v) is 5.67. The van der Waals surface area contributed by atoms with Gasteiger partial charge in [0.2, 0.25) is 0 Å². The van der Waals surface area contributed by atoms with E-state index in [1.165, 1.54) is 0 Å². The third kappa shape index (κ3) is 2.44. The van der Waals surface area contributed by atoms with Crippen LogP contribution in [0.5, 0.6) is 0 Å². The molecule has 4 nitrogen and oxygen atoms in total. The summed E-state index contributed by atoms with van der Waals surface area (Å²) in [6.45, 7) is 6.16. The lowest BCUT2D eigenvalue weighted by Gasteiger charge is -2.18. The van der Waals surface area contributed by atoms with Gasteiger partial charge in [-0.3, -0.25) is 10.1 Å². The van der Waals surface area contributed by atoms with Crippen LogP contribution in [-0.2, 0) is 0 Å². The fraction of sp³-hybridized carbons (Fsp3) is 0.500. The summed E-state index contributed by atoms with van der Waals surface area (Å²) in [4.78, 5) is 12.9. The van der Waals surface area contributed by atoms with Crippen LogP contribution < -0.4 is 4.90 Å². The van der Waals surface area contributed by atoms with Crippen LogP contribution in [0.1, 0.15) is 13.8 Å². The van der Waals surface area contributed by atoms with Crippen molar-refractivity contribution in [2.45, 2.75) is 13.8 Å². The molecule has 17 heavy (non-hydrogen) atoms. The summed E-state index contributed by atoms with van der Waals surface area (Å²) < 4.78 is 0.744.